The Labute approximate surface area is 65.6 Å². The van der Waals surface area contributed by atoms with Crippen LogP contribution in [0, 0.1) is 10.8 Å². The largest absolute Gasteiger partial charge is 0.389 e. The van der Waals surface area contributed by atoms with Gasteiger partial charge in [-0.15, -0.1) is 0 Å². The summed E-state index contributed by atoms with van der Waals surface area (Å²) in [6, 6.07) is 0. The smallest absolute Gasteiger partial charge is 0.126 e. The summed E-state index contributed by atoms with van der Waals surface area (Å²) in [7, 11) is 0. The lowest BCUT2D eigenvalue weighted by atomic mass is 9.66. The topological polar surface area (TPSA) is 37.3 Å². The molecular weight excluding hydrogens is 140 g/mol. The number of rotatable bonds is 1. The fourth-order valence-corrected chi connectivity index (χ4v) is 3.51. The van der Waals surface area contributed by atoms with Gasteiger partial charge in [-0.3, -0.25) is 0 Å². The van der Waals surface area contributed by atoms with Crippen LogP contribution < -0.4 is 0 Å². The molecule has 0 aromatic carbocycles. The van der Waals surface area contributed by atoms with Gasteiger partial charge < -0.3 is 9.90 Å². The molecule has 3 saturated carbocycles. The van der Waals surface area contributed by atoms with Crippen molar-refractivity contribution in [2.45, 2.75) is 37.7 Å². The second-order valence-electron chi connectivity index (χ2n) is 4.56. The standard InChI is InChI=1S/C9H12O2/c10-6-7-1-3-9(11)4-2-8(7,9)5-7/h6,11H,1-5H2. The Morgan fingerprint density at radius 2 is 1.91 bits per heavy atom. The minimum atomic E-state index is -0.423. The summed E-state index contributed by atoms with van der Waals surface area (Å²) in [5.41, 5.74) is -0.421. The zero-order chi connectivity index (χ0) is 7.74. The predicted octanol–water partition coefficient (Wildman–Crippen LogP) is 0.881. The van der Waals surface area contributed by atoms with Crippen LogP contribution in [-0.4, -0.2) is 17.0 Å². The molecule has 60 valence electrons. The van der Waals surface area contributed by atoms with E-state index in [1.165, 1.54) is 0 Å². The van der Waals surface area contributed by atoms with Gasteiger partial charge in [0.15, 0.2) is 0 Å². The minimum Gasteiger partial charge on any atom is -0.389 e. The zero-order valence-corrected chi connectivity index (χ0v) is 6.47. The van der Waals surface area contributed by atoms with Crippen molar-refractivity contribution in [1.29, 1.82) is 0 Å². The van der Waals surface area contributed by atoms with Crippen LogP contribution in [0.4, 0.5) is 0 Å². The lowest BCUT2D eigenvalue weighted by molar-refractivity contribution is -0.122. The van der Waals surface area contributed by atoms with Gasteiger partial charge in [0.1, 0.15) is 6.29 Å². The van der Waals surface area contributed by atoms with E-state index in [1.807, 2.05) is 0 Å². The van der Waals surface area contributed by atoms with Crippen molar-refractivity contribution < 1.29 is 9.90 Å². The monoisotopic (exact) mass is 152 g/mol. The molecular formula is C9H12O2. The summed E-state index contributed by atoms with van der Waals surface area (Å²) >= 11 is 0. The molecule has 0 aromatic rings. The average Bonchev–Trinajstić information content (AvgIpc) is 2.67. The number of hydrogen-bond acceptors (Lipinski definition) is 2. The Morgan fingerprint density at radius 3 is 2.18 bits per heavy atom. The van der Waals surface area contributed by atoms with Gasteiger partial charge in [0.25, 0.3) is 0 Å². The number of carbonyl (C=O) groups is 1. The summed E-state index contributed by atoms with van der Waals surface area (Å²) in [5.74, 6) is 0. The molecule has 1 spiro atoms. The second-order valence-corrected chi connectivity index (χ2v) is 4.56. The molecule has 0 heterocycles. The number of aldehydes is 1. The van der Waals surface area contributed by atoms with Crippen LogP contribution in [0.25, 0.3) is 0 Å². The van der Waals surface area contributed by atoms with Crippen molar-refractivity contribution >= 4 is 6.29 Å². The van der Waals surface area contributed by atoms with Crippen LogP contribution in [0.5, 0.6) is 0 Å². The Morgan fingerprint density at radius 1 is 1.18 bits per heavy atom. The van der Waals surface area contributed by atoms with Gasteiger partial charge in [-0.05, 0) is 32.1 Å². The highest BCUT2D eigenvalue weighted by Crippen LogP contribution is 2.84. The van der Waals surface area contributed by atoms with Crippen LogP contribution in [-0.2, 0) is 4.79 Å². The van der Waals surface area contributed by atoms with Crippen LogP contribution in [0.1, 0.15) is 32.1 Å². The molecule has 3 rings (SSSR count). The Bertz CT molecular complexity index is 246. The molecule has 0 radical (unpaired) electrons. The van der Waals surface area contributed by atoms with Gasteiger partial charge in [-0.2, -0.15) is 0 Å². The molecule has 3 aliphatic carbocycles. The molecule has 0 amide bonds. The summed E-state index contributed by atoms with van der Waals surface area (Å²) in [5, 5.41) is 9.99. The third-order valence-corrected chi connectivity index (χ3v) is 4.51. The third-order valence-electron chi connectivity index (χ3n) is 4.51. The number of carbonyl (C=O) groups excluding carboxylic acids is 1. The third kappa shape index (κ3) is 0.376. The first-order chi connectivity index (χ1) is 5.18. The molecule has 2 heteroatoms. The van der Waals surface area contributed by atoms with Crippen LogP contribution in [0.2, 0.25) is 0 Å². The lowest BCUT2D eigenvalue weighted by Gasteiger charge is -2.44. The second kappa shape index (κ2) is 1.28. The average molecular weight is 152 g/mol. The highest BCUT2D eigenvalue weighted by molar-refractivity contribution is 5.70. The molecule has 0 bridgehead atoms. The molecule has 0 saturated heterocycles. The Kier molecular flexibility index (Phi) is 0.722. The Balaban J connectivity index is 2.06. The summed E-state index contributed by atoms with van der Waals surface area (Å²) < 4.78 is 0. The van der Waals surface area contributed by atoms with Gasteiger partial charge in [-0.1, -0.05) is 0 Å². The van der Waals surface area contributed by atoms with Gasteiger partial charge in [-0.25, -0.2) is 0 Å². The fraction of sp³-hybridized carbons (Fsp3) is 0.889. The van der Waals surface area contributed by atoms with Crippen molar-refractivity contribution in [1.82, 2.24) is 0 Å². The van der Waals surface area contributed by atoms with E-state index in [4.69, 9.17) is 0 Å². The minimum absolute atomic E-state index is 0.0694. The van der Waals surface area contributed by atoms with E-state index in [2.05, 4.69) is 0 Å². The molecule has 3 atom stereocenters. The van der Waals surface area contributed by atoms with Gasteiger partial charge in [0.05, 0.1) is 5.60 Å². The molecule has 11 heavy (non-hydrogen) atoms. The molecule has 3 fully saturated rings. The number of aliphatic hydroxyl groups is 1. The van der Waals surface area contributed by atoms with Gasteiger partial charge in [0.2, 0.25) is 0 Å². The molecule has 3 aliphatic rings. The SMILES string of the molecule is O=CC12CCC3(O)CCC31C2. The zero-order valence-electron chi connectivity index (χ0n) is 6.47. The summed E-state index contributed by atoms with van der Waals surface area (Å²) in [6.07, 6.45) is 5.90. The Hall–Kier alpha value is -0.370. The van der Waals surface area contributed by atoms with Crippen molar-refractivity contribution in [3.63, 3.8) is 0 Å². The van der Waals surface area contributed by atoms with E-state index in [0.717, 1.165) is 38.4 Å². The summed E-state index contributed by atoms with van der Waals surface area (Å²) in [4.78, 5) is 10.8. The lowest BCUT2D eigenvalue weighted by Crippen LogP contribution is -2.47. The normalized spacial score (nSPS) is 64.5. The van der Waals surface area contributed by atoms with E-state index < -0.39 is 5.60 Å². The predicted molar refractivity (Wildman–Crippen MR) is 39.0 cm³/mol. The van der Waals surface area contributed by atoms with Crippen LogP contribution >= 0.6 is 0 Å². The highest BCUT2D eigenvalue weighted by atomic mass is 16.3. The van der Waals surface area contributed by atoms with E-state index in [1.54, 1.807) is 0 Å². The molecule has 0 aliphatic heterocycles. The van der Waals surface area contributed by atoms with Gasteiger partial charge >= 0.3 is 0 Å². The molecule has 3 unspecified atom stereocenters. The molecule has 2 nitrogen and oxygen atoms in total. The van der Waals surface area contributed by atoms with Crippen molar-refractivity contribution in [2.24, 2.45) is 10.8 Å². The molecule has 0 aromatic heterocycles. The van der Waals surface area contributed by atoms with Crippen molar-refractivity contribution in [3.8, 4) is 0 Å². The first-order valence-electron chi connectivity index (χ1n) is 4.37. The van der Waals surface area contributed by atoms with E-state index in [0.29, 0.717) is 0 Å². The van der Waals surface area contributed by atoms with Crippen LogP contribution in [0.15, 0.2) is 0 Å². The van der Waals surface area contributed by atoms with E-state index >= 15 is 0 Å². The van der Waals surface area contributed by atoms with E-state index in [9.17, 15) is 9.90 Å². The van der Waals surface area contributed by atoms with Crippen molar-refractivity contribution in [3.05, 3.63) is 0 Å². The summed E-state index contributed by atoms with van der Waals surface area (Å²) in [6.45, 7) is 0. The van der Waals surface area contributed by atoms with E-state index in [-0.39, 0.29) is 10.8 Å². The maximum absolute atomic E-state index is 10.8. The van der Waals surface area contributed by atoms with Crippen LogP contribution in [0.3, 0.4) is 0 Å². The van der Waals surface area contributed by atoms with Crippen molar-refractivity contribution in [2.75, 3.05) is 0 Å². The number of hydrogen-bond donors (Lipinski definition) is 1. The maximum Gasteiger partial charge on any atom is 0.126 e. The molecule has 1 N–H and O–H groups in total. The first-order valence-corrected chi connectivity index (χ1v) is 4.37. The quantitative estimate of drug-likeness (QED) is 0.566. The first kappa shape index (κ1) is 6.18. The highest BCUT2D eigenvalue weighted by Gasteiger charge is 2.83. The van der Waals surface area contributed by atoms with Gasteiger partial charge in [0, 0.05) is 10.8 Å². The fourth-order valence-electron chi connectivity index (χ4n) is 3.51. The maximum atomic E-state index is 10.8.